The third kappa shape index (κ3) is 6.97. The first-order chi connectivity index (χ1) is 12.4. The summed E-state index contributed by atoms with van der Waals surface area (Å²) in [5, 5.41) is 0. The van der Waals surface area contributed by atoms with E-state index in [0.717, 1.165) is 0 Å². The van der Waals surface area contributed by atoms with Crippen molar-refractivity contribution in [1.29, 1.82) is 0 Å². The highest BCUT2D eigenvalue weighted by atomic mass is 31.3. The minimum atomic E-state index is -5.31. The lowest BCUT2D eigenvalue weighted by molar-refractivity contribution is -0.0217. The summed E-state index contributed by atoms with van der Waals surface area (Å²) in [7, 11) is -13.6. The Kier molecular flexibility index (Phi) is 7.28. The average molecular weight is 450 g/mol. The molecule has 1 fully saturated rings. The van der Waals surface area contributed by atoms with Crippen molar-refractivity contribution in [3.63, 3.8) is 0 Å². The first-order valence-corrected chi connectivity index (χ1v) is 11.4. The van der Waals surface area contributed by atoms with Gasteiger partial charge < -0.3 is 28.8 Å². The Balaban J connectivity index is 1.87. The predicted octanol–water partition coefficient (Wildman–Crippen LogP) is -0.0153. The number of ether oxygens (including phenoxy) is 1. The van der Waals surface area contributed by atoms with Crippen molar-refractivity contribution in [2.45, 2.75) is 32.1 Å². The van der Waals surface area contributed by atoms with Crippen LogP contribution in [0.4, 0.5) is 0 Å². The minimum Gasteiger partial charge on any atom is -0.352 e. The Morgan fingerprint density at radius 3 is 2.63 bits per heavy atom. The van der Waals surface area contributed by atoms with Crippen molar-refractivity contribution in [1.82, 2.24) is 9.55 Å². The second-order valence-electron chi connectivity index (χ2n) is 5.42. The Hall–Kier alpha value is -0.750. The standard InChI is InChI=1S/C10H17N2O12P3/c1-6-4-12(10(14)11-9(6)13)8-3-2-7(22-8)5-21-25(15)23-27(19,20)24-26(16,17)18/h4,7-8,15H,2-3,5H2,1H3,(H,19,20)(H,11,13,14)(H2,16,17,18)/t7-,8+,25?/m0/s1. The molecule has 14 nitrogen and oxygen atoms in total. The molecule has 4 atom stereocenters. The van der Waals surface area contributed by atoms with Gasteiger partial charge in [-0.05, 0) is 19.8 Å². The summed E-state index contributed by atoms with van der Waals surface area (Å²) in [5.41, 5.74) is -0.849. The van der Waals surface area contributed by atoms with Crippen molar-refractivity contribution < 1.29 is 46.6 Å². The van der Waals surface area contributed by atoms with Gasteiger partial charge in [-0.3, -0.25) is 14.3 Å². The van der Waals surface area contributed by atoms with Gasteiger partial charge in [-0.2, -0.15) is 4.31 Å². The molecule has 0 aromatic carbocycles. The second kappa shape index (κ2) is 8.73. The zero-order valence-corrected chi connectivity index (χ0v) is 16.4. The Morgan fingerprint density at radius 2 is 2.00 bits per heavy atom. The van der Waals surface area contributed by atoms with Gasteiger partial charge in [0, 0.05) is 11.8 Å². The summed E-state index contributed by atoms with van der Waals surface area (Å²) in [6.45, 7) is 1.22. The first-order valence-electron chi connectivity index (χ1n) is 7.25. The highest BCUT2D eigenvalue weighted by Gasteiger charge is 2.36. The van der Waals surface area contributed by atoms with Crippen LogP contribution in [0.2, 0.25) is 0 Å². The zero-order chi connectivity index (χ0) is 20.4. The average Bonchev–Trinajstić information content (AvgIpc) is 2.94. The summed E-state index contributed by atoms with van der Waals surface area (Å²) in [6, 6.07) is 0. The van der Waals surface area contributed by atoms with E-state index in [1.54, 1.807) is 0 Å². The molecule has 2 rings (SSSR count). The van der Waals surface area contributed by atoms with Crippen LogP contribution in [-0.2, 0) is 27.0 Å². The number of H-pyrrole nitrogens is 1. The van der Waals surface area contributed by atoms with E-state index in [1.807, 2.05) is 0 Å². The minimum absolute atomic E-state index is 0.300. The van der Waals surface area contributed by atoms with Gasteiger partial charge in [0.1, 0.15) is 6.23 Å². The monoisotopic (exact) mass is 450 g/mol. The van der Waals surface area contributed by atoms with Crippen molar-refractivity contribution in [3.8, 4) is 0 Å². The number of aryl methyl sites for hydroxylation is 1. The van der Waals surface area contributed by atoms with Crippen molar-refractivity contribution in [2.24, 2.45) is 0 Å². The Bertz CT molecular complexity index is 877. The molecule has 27 heavy (non-hydrogen) atoms. The highest BCUT2D eigenvalue weighted by molar-refractivity contribution is 7.65. The number of nitrogens with zero attached hydrogens (tertiary/aromatic N) is 1. The third-order valence-corrected chi connectivity index (χ3v) is 6.73. The molecule has 5 N–H and O–H groups in total. The van der Waals surface area contributed by atoms with Crippen molar-refractivity contribution >= 4 is 24.2 Å². The maximum absolute atomic E-state index is 11.8. The SMILES string of the molecule is Cc1cn([C@H]2CC[C@@H](COP(O)OP(=O)(O)OP(=O)(O)O)O2)c(=O)[nH]c1=O. The predicted molar refractivity (Wildman–Crippen MR) is 88.3 cm³/mol. The third-order valence-electron chi connectivity index (χ3n) is 3.29. The van der Waals surface area contributed by atoms with Gasteiger partial charge in [0.15, 0.2) is 0 Å². The maximum atomic E-state index is 11.8. The smallest absolute Gasteiger partial charge is 0.352 e. The molecule has 0 saturated carbocycles. The molecule has 17 heteroatoms. The zero-order valence-electron chi connectivity index (χ0n) is 13.7. The molecule has 0 aliphatic carbocycles. The number of rotatable bonds is 8. The van der Waals surface area contributed by atoms with E-state index < -0.39 is 47.8 Å². The molecule has 1 aromatic rings. The van der Waals surface area contributed by atoms with Crippen LogP contribution in [0.3, 0.4) is 0 Å². The molecule has 1 aromatic heterocycles. The molecule has 0 spiro atoms. The van der Waals surface area contributed by atoms with E-state index in [2.05, 4.69) is 13.6 Å². The summed E-state index contributed by atoms with van der Waals surface area (Å²) in [4.78, 5) is 60.8. The molecule has 1 aliphatic heterocycles. The summed E-state index contributed by atoms with van der Waals surface area (Å²) < 4.78 is 40.9. The fraction of sp³-hybridized carbons (Fsp3) is 0.600. The van der Waals surface area contributed by atoms with E-state index >= 15 is 0 Å². The van der Waals surface area contributed by atoms with Crippen LogP contribution in [0.1, 0.15) is 24.6 Å². The van der Waals surface area contributed by atoms with Crippen LogP contribution >= 0.6 is 24.2 Å². The Morgan fingerprint density at radius 1 is 1.33 bits per heavy atom. The van der Waals surface area contributed by atoms with Crippen LogP contribution in [0, 0.1) is 6.92 Å². The molecule has 2 unspecified atom stereocenters. The summed E-state index contributed by atoms with van der Waals surface area (Å²) >= 11 is 0. The summed E-state index contributed by atoms with van der Waals surface area (Å²) in [6.07, 6.45) is 0.834. The van der Waals surface area contributed by atoms with Gasteiger partial charge in [0.05, 0.1) is 12.7 Å². The van der Waals surface area contributed by atoms with Gasteiger partial charge in [0.2, 0.25) is 0 Å². The van der Waals surface area contributed by atoms with Crippen molar-refractivity contribution in [3.05, 3.63) is 32.6 Å². The molecule has 0 amide bonds. The van der Waals surface area contributed by atoms with E-state index in [-0.39, 0.29) is 6.61 Å². The topological polar surface area (TPSA) is 207 Å². The molecular weight excluding hydrogens is 433 g/mol. The largest absolute Gasteiger partial charge is 0.487 e. The van der Waals surface area contributed by atoms with E-state index in [9.17, 15) is 23.6 Å². The van der Waals surface area contributed by atoms with Crippen LogP contribution in [0.5, 0.6) is 0 Å². The van der Waals surface area contributed by atoms with Gasteiger partial charge in [-0.15, -0.1) is 0 Å². The van der Waals surface area contributed by atoms with Crippen LogP contribution < -0.4 is 11.2 Å². The molecule has 154 valence electrons. The molecule has 1 saturated heterocycles. The van der Waals surface area contributed by atoms with Crippen molar-refractivity contribution in [2.75, 3.05) is 6.61 Å². The number of phosphoric acid groups is 2. The first kappa shape index (κ1) is 22.5. The molecule has 0 radical (unpaired) electrons. The molecular formula is C10H17N2O12P3. The second-order valence-corrected chi connectivity index (χ2v) is 9.38. The number of hydrogen-bond acceptors (Lipinski definition) is 9. The molecule has 1 aliphatic rings. The van der Waals surface area contributed by atoms with Gasteiger partial charge in [-0.25, -0.2) is 18.2 Å². The normalized spacial score (nSPS) is 23.9. The Labute approximate surface area is 152 Å². The quantitative estimate of drug-likeness (QED) is 0.331. The van der Waals surface area contributed by atoms with E-state index in [4.69, 9.17) is 23.9 Å². The number of aromatic nitrogens is 2. The number of aromatic amines is 1. The van der Waals surface area contributed by atoms with E-state index in [1.165, 1.54) is 17.7 Å². The lowest BCUT2D eigenvalue weighted by Crippen LogP contribution is -2.33. The van der Waals surface area contributed by atoms with E-state index in [0.29, 0.717) is 18.4 Å². The molecule has 2 heterocycles. The van der Waals surface area contributed by atoms with Gasteiger partial charge in [0.25, 0.3) is 5.56 Å². The fourth-order valence-electron chi connectivity index (χ4n) is 2.22. The van der Waals surface area contributed by atoms with Gasteiger partial charge in [-0.1, -0.05) is 0 Å². The van der Waals surface area contributed by atoms with Crippen LogP contribution in [-0.4, -0.2) is 41.8 Å². The number of hydrogen-bond donors (Lipinski definition) is 5. The summed E-state index contributed by atoms with van der Waals surface area (Å²) in [5.74, 6) is 0. The molecule has 0 bridgehead atoms. The highest BCUT2D eigenvalue weighted by Crippen LogP contribution is 2.63. The lowest BCUT2D eigenvalue weighted by Gasteiger charge is -2.18. The lowest BCUT2D eigenvalue weighted by atomic mass is 10.2. The number of nitrogens with one attached hydrogen (secondary N) is 1. The van der Waals surface area contributed by atoms with Gasteiger partial charge >= 0.3 is 29.9 Å². The fourth-order valence-corrected chi connectivity index (χ4v) is 4.87. The maximum Gasteiger partial charge on any atom is 0.487 e. The van der Waals surface area contributed by atoms with Crippen LogP contribution in [0.25, 0.3) is 0 Å². The van der Waals surface area contributed by atoms with Crippen LogP contribution in [0.15, 0.2) is 15.8 Å².